The summed E-state index contributed by atoms with van der Waals surface area (Å²) in [4.78, 5) is 22.1. The van der Waals surface area contributed by atoms with Crippen LogP contribution in [0.5, 0.6) is 0 Å². The minimum atomic E-state index is -0.944. The van der Waals surface area contributed by atoms with E-state index in [9.17, 15) is 19.1 Å². The van der Waals surface area contributed by atoms with Gasteiger partial charge in [0.25, 0.3) is 0 Å². The number of carbonyl (C=O) groups excluding carboxylic acids is 1. The molecule has 0 saturated heterocycles. The molecule has 0 heterocycles. The third-order valence-electron chi connectivity index (χ3n) is 2.78. The maximum atomic E-state index is 12.8. The molecule has 1 aromatic rings. The zero-order valence-electron chi connectivity index (χ0n) is 10.2. The molecule has 18 heavy (non-hydrogen) atoms. The number of carbonyl (C=O) groups is 2. The maximum absolute atomic E-state index is 12.8. The Morgan fingerprint density at radius 2 is 1.89 bits per heavy atom. The monoisotopic (exact) mass is 270 g/mol. The first-order valence-electron chi connectivity index (χ1n) is 5.53. The molecule has 0 saturated carbocycles. The van der Waals surface area contributed by atoms with Crippen molar-refractivity contribution in [3.8, 4) is 0 Å². The molecule has 0 radical (unpaired) electrons. The molecule has 2 atom stereocenters. The Kier molecular flexibility index (Phi) is 5.34. The molecule has 0 bridgehead atoms. The summed E-state index contributed by atoms with van der Waals surface area (Å²) in [5.41, 5.74) is 0.757. The van der Waals surface area contributed by atoms with E-state index in [0.717, 1.165) is 17.3 Å². The number of carboxylic acid groups (broad SMARTS) is 1. The molecule has 0 aromatic heterocycles. The van der Waals surface area contributed by atoms with Crippen LogP contribution >= 0.6 is 11.8 Å². The van der Waals surface area contributed by atoms with E-state index < -0.39 is 11.9 Å². The normalized spacial score (nSPS) is 13.9. The molecule has 5 heteroatoms. The van der Waals surface area contributed by atoms with Crippen LogP contribution in [0.2, 0.25) is 0 Å². The molecular weight excluding hydrogens is 255 g/mol. The highest BCUT2D eigenvalue weighted by molar-refractivity contribution is 8.13. The van der Waals surface area contributed by atoms with Gasteiger partial charge in [0.15, 0.2) is 5.12 Å². The number of hydrogen-bond donors (Lipinski definition) is 1. The molecule has 0 aliphatic carbocycles. The van der Waals surface area contributed by atoms with Gasteiger partial charge in [-0.25, -0.2) is 4.39 Å². The summed E-state index contributed by atoms with van der Waals surface area (Å²) >= 11 is 1.00. The van der Waals surface area contributed by atoms with Gasteiger partial charge in [0.1, 0.15) is 5.82 Å². The van der Waals surface area contributed by atoms with Crippen molar-refractivity contribution in [2.24, 2.45) is 5.92 Å². The van der Waals surface area contributed by atoms with Crippen molar-refractivity contribution in [2.75, 3.05) is 5.75 Å². The summed E-state index contributed by atoms with van der Waals surface area (Å²) in [6, 6.07) is 5.77. The van der Waals surface area contributed by atoms with Gasteiger partial charge in [-0.15, -0.1) is 0 Å². The first kappa shape index (κ1) is 14.7. The molecule has 0 aliphatic rings. The molecule has 0 aliphatic heterocycles. The molecule has 0 spiro atoms. The molecule has 0 fully saturated rings. The third-order valence-corrected chi connectivity index (χ3v) is 3.72. The van der Waals surface area contributed by atoms with Crippen molar-refractivity contribution < 1.29 is 19.1 Å². The number of hydrogen-bond acceptors (Lipinski definition) is 3. The summed E-state index contributed by atoms with van der Waals surface area (Å²) in [5, 5.41) is 9.07. The van der Waals surface area contributed by atoms with Crippen LogP contribution in [0.1, 0.15) is 25.3 Å². The van der Waals surface area contributed by atoms with Crippen LogP contribution in [0.25, 0.3) is 0 Å². The quantitative estimate of drug-likeness (QED) is 0.893. The van der Waals surface area contributed by atoms with Gasteiger partial charge in [0, 0.05) is 12.7 Å². The van der Waals surface area contributed by atoms with Crippen LogP contribution in [-0.2, 0) is 9.59 Å². The molecule has 1 aromatic carbocycles. The molecule has 0 unspecified atom stereocenters. The summed E-state index contributed by atoms with van der Waals surface area (Å²) < 4.78 is 12.8. The second-order valence-corrected chi connectivity index (χ2v) is 5.28. The van der Waals surface area contributed by atoms with Gasteiger partial charge in [0.2, 0.25) is 0 Å². The van der Waals surface area contributed by atoms with Gasteiger partial charge in [-0.2, -0.15) is 0 Å². The van der Waals surface area contributed by atoms with E-state index in [-0.39, 0.29) is 22.6 Å². The lowest BCUT2D eigenvalue weighted by molar-refractivity contribution is -0.141. The molecular formula is C13H15FO3S. The van der Waals surface area contributed by atoms with E-state index in [4.69, 9.17) is 0 Å². The van der Waals surface area contributed by atoms with Gasteiger partial charge in [-0.05, 0) is 23.6 Å². The second kappa shape index (κ2) is 6.54. The number of thioether (sulfide) groups is 1. The first-order valence-corrected chi connectivity index (χ1v) is 6.52. The minimum Gasteiger partial charge on any atom is -0.481 e. The van der Waals surface area contributed by atoms with Crippen LogP contribution in [0.4, 0.5) is 4.39 Å². The Bertz CT molecular complexity index is 430. The van der Waals surface area contributed by atoms with Gasteiger partial charge < -0.3 is 5.11 Å². The highest BCUT2D eigenvalue weighted by Crippen LogP contribution is 2.27. The Hall–Kier alpha value is -1.36. The SMILES string of the molecule is CC(=O)SC[C@@H](C(=O)O)[C@H](C)c1ccc(F)cc1. The van der Waals surface area contributed by atoms with Gasteiger partial charge in [-0.3, -0.25) is 9.59 Å². The molecule has 0 amide bonds. The van der Waals surface area contributed by atoms with Crippen molar-refractivity contribution in [3.05, 3.63) is 35.6 Å². The summed E-state index contributed by atoms with van der Waals surface area (Å²) in [7, 11) is 0. The van der Waals surface area contributed by atoms with Gasteiger partial charge >= 0.3 is 5.97 Å². The number of carboxylic acids is 1. The number of benzene rings is 1. The fourth-order valence-electron chi connectivity index (χ4n) is 1.64. The lowest BCUT2D eigenvalue weighted by atomic mass is 9.89. The topological polar surface area (TPSA) is 54.4 Å². The van der Waals surface area contributed by atoms with Crippen molar-refractivity contribution in [1.29, 1.82) is 0 Å². The predicted octanol–water partition coefficient (Wildman–Crippen LogP) is 2.91. The van der Waals surface area contributed by atoms with Crippen molar-refractivity contribution in [1.82, 2.24) is 0 Å². The van der Waals surface area contributed by atoms with Gasteiger partial charge in [-0.1, -0.05) is 30.8 Å². The van der Waals surface area contributed by atoms with Gasteiger partial charge in [0.05, 0.1) is 5.92 Å². The van der Waals surface area contributed by atoms with E-state index in [1.54, 1.807) is 19.1 Å². The van der Waals surface area contributed by atoms with E-state index >= 15 is 0 Å². The fourth-order valence-corrected chi connectivity index (χ4v) is 2.48. The average molecular weight is 270 g/mol. The minimum absolute atomic E-state index is 0.104. The van der Waals surface area contributed by atoms with Crippen LogP contribution < -0.4 is 0 Å². The highest BCUT2D eigenvalue weighted by atomic mass is 32.2. The Morgan fingerprint density at radius 3 is 2.33 bits per heavy atom. The zero-order valence-corrected chi connectivity index (χ0v) is 11.0. The average Bonchev–Trinajstić information content (AvgIpc) is 2.29. The molecule has 1 rings (SSSR count). The summed E-state index contributed by atoms with van der Waals surface area (Å²) in [6.07, 6.45) is 0. The Labute approximate surface area is 109 Å². The summed E-state index contributed by atoms with van der Waals surface area (Å²) in [5.74, 6) is -2.00. The number of rotatable bonds is 5. The highest BCUT2D eigenvalue weighted by Gasteiger charge is 2.26. The Morgan fingerprint density at radius 1 is 1.33 bits per heavy atom. The standard InChI is InChI=1S/C13H15FO3S/c1-8(10-3-5-11(14)6-4-10)12(13(16)17)7-18-9(2)15/h3-6,8,12H,7H2,1-2H3,(H,16,17)/t8-,12-/m1/s1. The first-order chi connectivity index (χ1) is 8.41. The number of halogens is 1. The van der Waals surface area contributed by atoms with E-state index in [1.807, 2.05) is 0 Å². The second-order valence-electron chi connectivity index (χ2n) is 4.09. The maximum Gasteiger partial charge on any atom is 0.307 e. The Balaban J connectivity index is 2.81. The zero-order chi connectivity index (χ0) is 13.7. The molecule has 3 nitrogen and oxygen atoms in total. The van der Waals surface area contributed by atoms with Crippen LogP contribution in [0, 0.1) is 11.7 Å². The molecule has 1 N–H and O–H groups in total. The van der Waals surface area contributed by atoms with Crippen molar-refractivity contribution in [2.45, 2.75) is 19.8 Å². The molecule has 98 valence electrons. The van der Waals surface area contributed by atoms with E-state index in [0.29, 0.717) is 0 Å². The summed E-state index contributed by atoms with van der Waals surface area (Å²) in [6.45, 7) is 3.18. The van der Waals surface area contributed by atoms with Crippen LogP contribution in [0.3, 0.4) is 0 Å². The smallest absolute Gasteiger partial charge is 0.307 e. The predicted molar refractivity (Wildman–Crippen MR) is 69.1 cm³/mol. The lowest BCUT2D eigenvalue weighted by Gasteiger charge is -2.19. The van der Waals surface area contributed by atoms with Crippen molar-refractivity contribution >= 4 is 22.8 Å². The lowest BCUT2D eigenvalue weighted by Crippen LogP contribution is -2.23. The van der Waals surface area contributed by atoms with Crippen molar-refractivity contribution in [3.63, 3.8) is 0 Å². The van der Waals surface area contributed by atoms with E-state index in [1.165, 1.54) is 19.1 Å². The third kappa shape index (κ3) is 4.14. The fraction of sp³-hybridized carbons (Fsp3) is 0.385. The van der Waals surface area contributed by atoms with E-state index in [2.05, 4.69) is 0 Å². The van der Waals surface area contributed by atoms with Crippen LogP contribution in [0.15, 0.2) is 24.3 Å². The largest absolute Gasteiger partial charge is 0.481 e. The number of aliphatic carboxylic acids is 1. The van der Waals surface area contributed by atoms with Crippen LogP contribution in [-0.4, -0.2) is 21.9 Å².